The second-order valence-corrected chi connectivity index (χ2v) is 5.43. The first-order chi connectivity index (χ1) is 9.96. The van der Waals surface area contributed by atoms with Crippen LogP contribution in [0.15, 0.2) is 18.2 Å². The maximum absolute atomic E-state index is 11.0. The number of likely N-dealkylation sites (N-methyl/N-ethyl adjacent to an activating group) is 1. The Bertz CT molecular complexity index is 423. The van der Waals surface area contributed by atoms with Gasteiger partial charge in [0.1, 0.15) is 11.5 Å². The first-order valence-corrected chi connectivity index (χ1v) is 7.62. The number of aliphatic hydroxyl groups excluding tert-OH is 1. The van der Waals surface area contributed by atoms with Crippen molar-refractivity contribution in [2.24, 2.45) is 0 Å². The van der Waals surface area contributed by atoms with Gasteiger partial charge in [0.15, 0.2) is 0 Å². The smallest absolute Gasteiger partial charge is 0.122 e. The summed E-state index contributed by atoms with van der Waals surface area (Å²) < 4.78 is 10.6. The van der Waals surface area contributed by atoms with Gasteiger partial charge >= 0.3 is 0 Å². The van der Waals surface area contributed by atoms with Gasteiger partial charge in [-0.05, 0) is 44.1 Å². The largest absolute Gasteiger partial charge is 0.497 e. The highest BCUT2D eigenvalue weighted by atomic mass is 16.5. The number of hydrogen-bond acceptors (Lipinski definition) is 4. The van der Waals surface area contributed by atoms with E-state index in [0.717, 1.165) is 25.1 Å². The lowest BCUT2D eigenvalue weighted by Gasteiger charge is -2.43. The molecule has 0 saturated heterocycles. The number of nitrogens with zero attached hydrogens (tertiary/aromatic N) is 1. The molecule has 1 N–H and O–H groups in total. The molecular weight excluding hydrogens is 266 g/mol. The van der Waals surface area contributed by atoms with Gasteiger partial charge in [-0.3, -0.25) is 4.90 Å². The van der Waals surface area contributed by atoms with E-state index in [-0.39, 0.29) is 5.54 Å². The SMILES string of the molecule is CCN(CC)C(C)(CC)C(O)c1cc(OC)cc(OC)c1. The molecule has 0 heterocycles. The third-order valence-electron chi connectivity index (χ3n) is 4.48. The highest BCUT2D eigenvalue weighted by Crippen LogP contribution is 2.37. The summed E-state index contributed by atoms with van der Waals surface area (Å²) in [6.07, 6.45) is 0.251. The molecule has 0 aliphatic heterocycles. The van der Waals surface area contributed by atoms with E-state index in [1.165, 1.54) is 0 Å². The highest BCUT2D eigenvalue weighted by molar-refractivity contribution is 5.40. The summed E-state index contributed by atoms with van der Waals surface area (Å²) in [5.74, 6) is 1.39. The van der Waals surface area contributed by atoms with Gasteiger partial charge in [-0.1, -0.05) is 20.8 Å². The van der Waals surface area contributed by atoms with E-state index in [1.54, 1.807) is 14.2 Å². The molecule has 1 aromatic carbocycles. The highest BCUT2D eigenvalue weighted by Gasteiger charge is 2.37. The molecule has 0 radical (unpaired) electrons. The van der Waals surface area contributed by atoms with E-state index in [1.807, 2.05) is 18.2 Å². The summed E-state index contributed by atoms with van der Waals surface area (Å²) in [4.78, 5) is 2.30. The average molecular weight is 295 g/mol. The van der Waals surface area contributed by atoms with Crippen LogP contribution in [-0.4, -0.2) is 42.9 Å². The molecule has 0 aliphatic carbocycles. The van der Waals surface area contributed by atoms with Crippen LogP contribution < -0.4 is 9.47 Å². The molecule has 4 nitrogen and oxygen atoms in total. The summed E-state index contributed by atoms with van der Waals surface area (Å²) in [5.41, 5.74) is 0.503. The summed E-state index contributed by atoms with van der Waals surface area (Å²) in [5, 5.41) is 11.0. The molecule has 120 valence electrons. The predicted octanol–water partition coefficient (Wildman–Crippen LogP) is 3.25. The third-order valence-corrected chi connectivity index (χ3v) is 4.48. The van der Waals surface area contributed by atoms with Crippen LogP contribution in [0.4, 0.5) is 0 Å². The second-order valence-electron chi connectivity index (χ2n) is 5.43. The Morgan fingerprint density at radius 2 is 1.52 bits per heavy atom. The fourth-order valence-electron chi connectivity index (χ4n) is 2.88. The number of ether oxygens (including phenoxy) is 2. The Balaban J connectivity index is 3.23. The molecule has 2 atom stereocenters. The van der Waals surface area contributed by atoms with Crippen LogP contribution in [0.25, 0.3) is 0 Å². The third kappa shape index (κ3) is 3.69. The summed E-state index contributed by atoms with van der Waals surface area (Å²) in [7, 11) is 3.24. The number of aliphatic hydroxyl groups is 1. The van der Waals surface area contributed by atoms with Crippen molar-refractivity contribution in [3.8, 4) is 11.5 Å². The molecule has 0 spiro atoms. The van der Waals surface area contributed by atoms with Crippen molar-refractivity contribution >= 4 is 0 Å². The minimum atomic E-state index is -0.605. The van der Waals surface area contributed by atoms with Crippen LogP contribution in [0.1, 0.15) is 45.8 Å². The van der Waals surface area contributed by atoms with E-state index in [9.17, 15) is 5.11 Å². The molecule has 1 rings (SSSR count). The van der Waals surface area contributed by atoms with Gasteiger partial charge in [0, 0.05) is 11.6 Å². The van der Waals surface area contributed by atoms with Crippen LogP contribution in [-0.2, 0) is 0 Å². The van der Waals surface area contributed by atoms with Crippen molar-refractivity contribution in [2.45, 2.75) is 45.8 Å². The molecule has 21 heavy (non-hydrogen) atoms. The van der Waals surface area contributed by atoms with Crippen LogP contribution in [0, 0.1) is 0 Å². The normalized spacial score (nSPS) is 15.6. The van der Waals surface area contributed by atoms with E-state index >= 15 is 0 Å². The minimum absolute atomic E-state index is 0.319. The van der Waals surface area contributed by atoms with Crippen LogP contribution in [0.3, 0.4) is 0 Å². The topological polar surface area (TPSA) is 41.9 Å². The maximum atomic E-state index is 11.0. The van der Waals surface area contributed by atoms with Gasteiger partial charge in [-0.15, -0.1) is 0 Å². The lowest BCUT2D eigenvalue weighted by Crippen LogP contribution is -2.50. The molecule has 2 unspecified atom stereocenters. The lowest BCUT2D eigenvalue weighted by atomic mass is 9.85. The maximum Gasteiger partial charge on any atom is 0.122 e. The zero-order chi connectivity index (χ0) is 16.0. The fourth-order valence-corrected chi connectivity index (χ4v) is 2.88. The van der Waals surface area contributed by atoms with Crippen molar-refractivity contribution < 1.29 is 14.6 Å². The fraction of sp³-hybridized carbons (Fsp3) is 0.647. The molecular formula is C17H29NO3. The molecule has 4 heteroatoms. The number of benzene rings is 1. The van der Waals surface area contributed by atoms with E-state index < -0.39 is 6.10 Å². The molecule has 1 aromatic rings. The number of rotatable bonds is 8. The molecule has 0 fully saturated rings. The monoisotopic (exact) mass is 295 g/mol. The van der Waals surface area contributed by atoms with E-state index in [0.29, 0.717) is 11.5 Å². The Kier molecular flexibility index (Phi) is 6.49. The lowest BCUT2D eigenvalue weighted by molar-refractivity contribution is -0.0215. The Hall–Kier alpha value is -1.26. The molecule has 0 bridgehead atoms. The Morgan fingerprint density at radius 1 is 1.05 bits per heavy atom. The molecule has 0 aromatic heterocycles. The van der Waals surface area contributed by atoms with Gasteiger partial charge in [0.2, 0.25) is 0 Å². The first kappa shape index (κ1) is 17.8. The van der Waals surface area contributed by atoms with E-state index in [2.05, 4.69) is 32.6 Å². The number of hydrogen-bond donors (Lipinski definition) is 1. The van der Waals surface area contributed by atoms with Crippen molar-refractivity contribution in [3.05, 3.63) is 23.8 Å². The standard InChI is InChI=1S/C17H29NO3/c1-7-17(4,18(8-2)9-3)16(19)13-10-14(20-5)12-15(11-13)21-6/h10-12,16,19H,7-9H2,1-6H3. The average Bonchev–Trinajstić information content (AvgIpc) is 2.54. The van der Waals surface area contributed by atoms with Crippen molar-refractivity contribution in [3.63, 3.8) is 0 Å². The van der Waals surface area contributed by atoms with E-state index in [4.69, 9.17) is 9.47 Å². The van der Waals surface area contributed by atoms with Crippen LogP contribution in [0.5, 0.6) is 11.5 Å². The van der Waals surface area contributed by atoms with Gasteiger partial charge in [0.25, 0.3) is 0 Å². The van der Waals surface area contributed by atoms with Gasteiger partial charge in [0.05, 0.1) is 20.3 Å². The summed E-state index contributed by atoms with van der Waals surface area (Å²) in [6, 6.07) is 5.58. The van der Waals surface area contributed by atoms with Crippen molar-refractivity contribution in [2.75, 3.05) is 27.3 Å². The molecule has 0 aliphatic rings. The van der Waals surface area contributed by atoms with Crippen LogP contribution in [0.2, 0.25) is 0 Å². The van der Waals surface area contributed by atoms with Gasteiger partial charge < -0.3 is 14.6 Å². The summed E-state index contributed by atoms with van der Waals surface area (Å²) >= 11 is 0. The van der Waals surface area contributed by atoms with Gasteiger partial charge in [-0.2, -0.15) is 0 Å². The van der Waals surface area contributed by atoms with Crippen molar-refractivity contribution in [1.82, 2.24) is 4.90 Å². The zero-order valence-electron chi connectivity index (χ0n) is 14.1. The van der Waals surface area contributed by atoms with Crippen molar-refractivity contribution in [1.29, 1.82) is 0 Å². The minimum Gasteiger partial charge on any atom is -0.497 e. The predicted molar refractivity (Wildman–Crippen MR) is 86.1 cm³/mol. The second kappa shape index (κ2) is 7.66. The quantitative estimate of drug-likeness (QED) is 0.799. The summed E-state index contributed by atoms with van der Waals surface area (Å²) in [6.45, 7) is 10.3. The molecule has 0 saturated carbocycles. The Morgan fingerprint density at radius 3 is 1.86 bits per heavy atom. The van der Waals surface area contributed by atoms with Gasteiger partial charge in [-0.25, -0.2) is 0 Å². The first-order valence-electron chi connectivity index (χ1n) is 7.62. The number of methoxy groups -OCH3 is 2. The molecule has 0 amide bonds. The zero-order valence-corrected chi connectivity index (χ0v) is 14.1. The van der Waals surface area contributed by atoms with Crippen LogP contribution >= 0.6 is 0 Å². The Labute approximate surface area is 128 Å².